The molecule has 7 heteroatoms. The largest absolute Gasteiger partial charge is 0.506 e. The average Bonchev–Trinajstić information content (AvgIpc) is 2.48. The van der Waals surface area contributed by atoms with E-state index in [1.54, 1.807) is 12.1 Å². The van der Waals surface area contributed by atoms with Crippen molar-refractivity contribution < 1.29 is 23.0 Å². The molecule has 0 saturated carbocycles. The molecule has 0 atom stereocenters. The second-order valence-electron chi connectivity index (χ2n) is 4.14. The van der Waals surface area contributed by atoms with Crippen molar-refractivity contribution in [2.24, 2.45) is 0 Å². The molecule has 0 saturated heterocycles. The predicted octanol–water partition coefficient (Wildman–Crippen LogP) is 2.21. The molecule has 0 aliphatic heterocycles. The number of phenolic OH excluding ortho intramolecular Hbond substituents is 1. The maximum atomic E-state index is 12.4. The van der Waals surface area contributed by atoms with Gasteiger partial charge < -0.3 is 14.6 Å². The summed E-state index contributed by atoms with van der Waals surface area (Å²) in [5, 5.41) is 9.65. The first-order valence-electron chi connectivity index (χ1n) is 6.01. The molecule has 0 unspecified atom stereocenters. The Labute approximate surface area is 123 Å². The summed E-state index contributed by atoms with van der Waals surface area (Å²) in [5.41, 5.74) is 0.0929. The molecular weight excluding hydrogens is 294 g/mol. The van der Waals surface area contributed by atoms with Crippen LogP contribution in [0.25, 0.3) is 0 Å². The van der Waals surface area contributed by atoms with E-state index in [-0.39, 0.29) is 22.1 Å². The van der Waals surface area contributed by atoms with E-state index in [2.05, 4.69) is 4.72 Å². The van der Waals surface area contributed by atoms with Crippen molar-refractivity contribution in [3.63, 3.8) is 0 Å². The summed E-state index contributed by atoms with van der Waals surface area (Å²) in [5.74, 6) is 0.471. The maximum Gasteiger partial charge on any atom is 0.265 e. The second-order valence-corrected chi connectivity index (χ2v) is 5.79. The van der Waals surface area contributed by atoms with Gasteiger partial charge in [0.15, 0.2) is 0 Å². The summed E-state index contributed by atoms with van der Waals surface area (Å²) in [6, 6.07) is 10.4. The quantitative estimate of drug-likeness (QED) is 0.827. The maximum absolute atomic E-state index is 12.4. The van der Waals surface area contributed by atoms with Crippen molar-refractivity contribution in [2.75, 3.05) is 18.9 Å². The van der Waals surface area contributed by atoms with Crippen LogP contribution in [-0.2, 0) is 10.0 Å². The number of rotatable bonds is 5. The van der Waals surface area contributed by atoms with E-state index >= 15 is 0 Å². The molecule has 2 N–H and O–H groups in total. The molecule has 21 heavy (non-hydrogen) atoms. The molecule has 2 aromatic rings. The second kappa shape index (κ2) is 5.92. The Morgan fingerprint density at radius 3 is 2.38 bits per heavy atom. The summed E-state index contributed by atoms with van der Waals surface area (Å²) >= 11 is 0. The predicted molar refractivity (Wildman–Crippen MR) is 78.5 cm³/mol. The highest BCUT2D eigenvalue weighted by molar-refractivity contribution is 7.92. The van der Waals surface area contributed by atoms with Crippen molar-refractivity contribution in [2.45, 2.75) is 4.90 Å². The number of hydrogen-bond acceptors (Lipinski definition) is 5. The number of hydrogen-bond donors (Lipinski definition) is 2. The number of ether oxygens (including phenoxy) is 2. The van der Waals surface area contributed by atoms with Gasteiger partial charge in [-0.15, -0.1) is 0 Å². The van der Waals surface area contributed by atoms with E-state index in [1.165, 1.54) is 44.6 Å². The summed E-state index contributed by atoms with van der Waals surface area (Å²) < 4.78 is 37.2. The molecule has 0 amide bonds. The lowest BCUT2D eigenvalue weighted by Gasteiger charge is -2.13. The lowest BCUT2D eigenvalue weighted by Crippen LogP contribution is -2.14. The highest BCUT2D eigenvalue weighted by Crippen LogP contribution is 2.31. The monoisotopic (exact) mass is 309 g/mol. The van der Waals surface area contributed by atoms with Crippen molar-refractivity contribution in [1.82, 2.24) is 0 Å². The molecule has 0 fully saturated rings. The minimum absolute atomic E-state index is 0.0472. The number of aromatic hydroxyl groups is 1. The van der Waals surface area contributed by atoms with E-state index in [0.717, 1.165) is 0 Å². The van der Waals surface area contributed by atoms with Gasteiger partial charge in [0.1, 0.15) is 22.1 Å². The number of methoxy groups -OCH3 is 2. The van der Waals surface area contributed by atoms with Gasteiger partial charge in [-0.25, -0.2) is 8.42 Å². The average molecular weight is 309 g/mol. The van der Waals surface area contributed by atoms with Gasteiger partial charge in [0.25, 0.3) is 10.0 Å². The Morgan fingerprint density at radius 2 is 1.76 bits per heavy atom. The van der Waals surface area contributed by atoms with Gasteiger partial charge in [0.2, 0.25) is 0 Å². The molecule has 2 rings (SSSR count). The highest BCUT2D eigenvalue weighted by Gasteiger charge is 2.21. The minimum Gasteiger partial charge on any atom is -0.506 e. The van der Waals surface area contributed by atoms with Gasteiger partial charge in [0.05, 0.1) is 19.9 Å². The molecule has 112 valence electrons. The number of phenols is 1. The summed E-state index contributed by atoms with van der Waals surface area (Å²) in [7, 11) is -1.05. The van der Waals surface area contributed by atoms with Gasteiger partial charge in [-0.2, -0.15) is 0 Å². The zero-order valence-electron chi connectivity index (χ0n) is 11.5. The fraction of sp³-hybridized carbons (Fsp3) is 0.143. The van der Waals surface area contributed by atoms with Crippen LogP contribution >= 0.6 is 0 Å². The van der Waals surface area contributed by atoms with E-state index in [9.17, 15) is 13.5 Å². The third-order valence-corrected chi connectivity index (χ3v) is 4.21. The first-order valence-corrected chi connectivity index (χ1v) is 7.49. The molecule has 0 bridgehead atoms. The fourth-order valence-electron chi connectivity index (χ4n) is 1.76. The highest BCUT2D eigenvalue weighted by atomic mass is 32.2. The molecule has 0 heterocycles. The van der Waals surface area contributed by atoms with Gasteiger partial charge in [-0.3, -0.25) is 4.72 Å². The van der Waals surface area contributed by atoms with Crippen LogP contribution in [0.5, 0.6) is 17.2 Å². The van der Waals surface area contributed by atoms with Crippen LogP contribution in [0.2, 0.25) is 0 Å². The third kappa shape index (κ3) is 3.19. The van der Waals surface area contributed by atoms with Crippen LogP contribution in [0.4, 0.5) is 5.69 Å². The number of nitrogens with one attached hydrogen (secondary N) is 1. The first kappa shape index (κ1) is 15.0. The zero-order chi connectivity index (χ0) is 15.5. The third-order valence-electron chi connectivity index (χ3n) is 2.81. The molecular formula is C14H15NO5S. The SMILES string of the molecule is COc1ccc(S(=O)(=O)Nc2ccccc2O)c(OC)c1. The Hall–Kier alpha value is -2.41. The number of para-hydroxylation sites is 2. The van der Waals surface area contributed by atoms with E-state index in [0.29, 0.717) is 5.75 Å². The first-order chi connectivity index (χ1) is 9.97. The van der Waals surface area contributed by atoms with Gasteiger partial charge >= 0.3 is 0 Å². The fourth-order valence-corrected chi connectivity index (χ4v) is 2.98. The Balaban J connectivity index is 2.42. The Morgan fingerprint density at radius 1 is 1.05 bits per heavy atom. The molecule has 0 aromatic heterocycles. The van der Waals surface area contributed by atoms with Crippen LogP contribution in [0.3, 0.4) is 0 Å². The van der Waals surface area contributed by atoms with Crippen LogP contribution in [-0.4, -0.2) is 27.7 Å². The van der Waals surface area contributed by atoms with Crippen molar-refractivity contribution in [1.29, 1.82) is 0 Å². The van der Waals surface area contributed by atoms with Crippen molar-refractivity contribution in [3.8, 4) is 17.2 Å². The molecule has 0 radical (unpaired) electrons. The summed E-state index contributed by atoms with van der Waals surface area (Å²) in [6.45, 7) is 0. The molecule has 0 aliphatic carbocycles. The van der Waals surface area contributed by atoms with E-state index < -0.39 is 10.0 Å². The smallest absolute Gasteiger partial charge is 0.265 e. The van der Waals surface area contributed by atoms with Gasteiger partial charge in [-0.05, 0) is 24.3 Å². The van der Waals surface area contributed by atoms with Crippen LogP contribution in [0.1, 0.15) is 0 Å². The van der Waals surface area contributed by atoms with E-state index in [1.807, 2.05) is 0 Å². The Kier molecular flexibility index (Phi) is 4.23. The van der Waals surface area contributed by atoms with Crippen molar-refractivity contribution >= 4 is 15.7 Å². The van der Waals surface area contributed by atoms with Gasteiger partial charge in [0, 0.05) is 6.07 Å². The molecule has 0 spiro atoms. The van der Waals surface area contributed by atoms with Crippen LogP contribution in [0.15, 0.2) is 47.4 Å². The van der Waals surface area contributed by atoms with Gasteiger partial charge in [-0.1, -0.05) is 12.1 Å². The van der Waals surface area contributed by atoms with Crippen LogP contribution < -0.4 is 14.2 Å². The lowest BCUT2D eigenvalue weighted by molar-refractivity contribution is 0.386. The topological polar surface area (TPSA) is 84.9 Å². The van der Waals surface area contributed by atoms with Crippen molar-refractivity contribution in [3.05, 3.63) is 42.5 Å². The molecule has 2 aromatic carbocycles. The number of anilines is 1. The zero-order valence-corrected chi connectivity index (χ0v) is 12.3. The van der Waals surface area contributed by atoms with Crippen LogP contribution in [0, 0.1) is 0 Å². The summed E-state index contributed by atoms with van der Waals surface area (Å²) in [6.07, 6.45) is 0. The Bertz CT molecular complexity index is 743. The number of benzene rings is 2. The molecule has 0 aliphatic rings. The lowest BCUT2D eigenvalue weighted by atomic mass is 10.3. The normalized spacial score (nSPS) is 11.0. The minimum atomic E-state index is -3.89. The number of sulfonamides is 1. The summed E-state index contributed by atoms with van der Waals surface area (Å²) in [4.78, 5) is -0.0472. The standard InChI is InChI=1S/C14H15NO5S/c1-19-10-7-8-14(13(9-10)20-2)21(17,18)15-11-5-3-4-6-12(11)16/h3-9,15-16H,1-2H3. The van der Waals surface area contributed by atoms with E-state index in [4.69, 9.17) is 9.47 Å². The molecule has 6 nitrogen and oxygen atoms in total.